The fraction of sp³-hybridized carbons (Fsp3) is 0.368. The number of carbonyl (C=O) groups is 2. The molecule has 2 rings (SSSR count). The van der Waals surface area contributed by atoms with E-state index in [9.17, 15) is 14.0 Å². The molecule has 3 nitrogen and oxygen atoms in total. The molecule has 0 aliphatic carbocycles. The van der Waals surface area contributed by atoms with Crippen LogP contribution in [-0.4, -0.2) is 18.2 Å². The Kier molecular flexibility index (Phi) is 5.89. The lowest BCUT2D eigenvalue weighted by Gasteiger charge is -2.26. The van der Waals surface area contributed by atoms with Crippen LogP contribution in [0.5, 0.6) is 0 Å². The summed E-state index contributed by atoms with van der Waals surface area (Å²) >= 11 is 1.44. The third-order valence-electron chi connectivity index (χ3n) is 3.92. The Morgan fingerprint density at radius 3 is 2.46 bits per heavy atom. The molecule has 0 bridgehead atoms. The van der Waals surface area contributed by atoms with Gasteiger partial charge >= 0.3 is 0 Å². The molecule has 1 amide bonds. The molecule has 1 heterocycles. The molecule has 1 aromatic carbocycles. The van der Waals surface area contributed by atoms with E-state index in [1.807, 2.05) is 26.8 Å². The van der Waals surface area contributed by atoms with Gasteiger partial charge in [-0.15, -0.1) is 11.3 Å². The van der Waals surface area contributed by atoms with Gasteiger partial charge in [-0.3, -0.25) is 9.59 Å². The van der Waals surface area contributed by atoms with Crippen LogP contribution in [0, 0.1) is 12.7 Å². The highest BCUT2D eigenvalue weighted by atomic mass is 32.1. The monoisotopic (exact) mass is 347 g/mol. The van der Waals surface area contributed by atoms with E-state index in [0.29, 0.717) is 17.0 Å². The van der Waals surface area contributed by atoms with Crippen LogP contribution in [-0.2, 0) is 10.2 Å². The van der Waals surface area contributed by atoms with Crippen molar-refractivity contribution in [1.82, 2.24) is 5.32 Å². The number of halogens is 1. The first-order valence-electron chi connectivity index (χ1n) is 7.91. The number of thiophene rings is 1. The van der Waals surface area contributed by atoms with E-state index in [-0.39, 0.29) is 30.3 Å². The zero-order valence-corrected chi connectivity index (χ0v) is 15.0. The smallest absolute Gasteiger partial charge is 0.220 e. The first kappa shape index (κ1) is 18.3. The van der Waals surface area contributed by atoms with Gasteiger partial charge in [-0.1, -0.05) is 32.0 Å². The molecule has 5 heteroatoms. The highest BCUT2D eigenvalue weighted by molar-refractivity contribution is 7.14. The molecule has 0 aliphatic heterocycles. The van der Waals surface area contributed by atoms with Gasteiger partial charge in [0.05, 0.1) is 4.88 Å². The quantitative estimate of drug-likeness (QED) is 0.761. The summed E-state index contributed by atoms with van der Waals surface area (Å²) in [6, 6.07) is 10.3. The van der Waals surface area contributed by atoms with Crippen LogP contribution in [0.15, 0.2) is 36.4 Å². The number of benzene rings is 1. The van der Waals surface area contributed by atoms with Crippen LogP contribution < -0.4 is 5.32 Å². The molecular weight excluding hydrogens is 325 g/mol. The molecule has 0 radical (unpaired) electrons. The first-order chi connectivity index (χ1) is 11.3. The summed E-state index contributed by atoms with van der Waals surface area (Å²) in [4.78, 5) is 25.8. The summed E-state index contributed by atoms with van der Waals surface area (Å²) in [6.07, 6.45) is 0.328. The van der Waals surface area contributed by atoms with Crippen molar-refractivity contribution < 1.29 is 14.0 Å². The molecule has 0 saturated carbocycles. The van der Waals surface area contributed by atoms with E-state index in [1.165, 1.54) is 17.4 Å². The van der Waals surface area contributed by atoms with Crippen molar-refractivity contribution >= 4 is 23.0 Å². The van der Waals surface area contributed by atoms with Crippen LogP contribution in [0.1, 0.15) is 46.8 Å². The van der Waals surface area contributed by atoms with Crippen molar-refractivity contribution in [2.45, 2.75) is 39.0 Å². The minimum Gasteiger partial charge on any atom is -0.355 e. The van der Waals surface area contributed by atoms with Gasteiger partial charge in [-0.25, -0.2) is 4.39 Å². The zero-order chi connectivity index (χ0) is 17.7. The number of carbonyl (C=O) groups excluding carboxylic acids is 2. The van der Waals surface area contributed by atoms with Gasteiger partial charge in [0.1, 0.15) is 5.82 Å². The second-order valence-electron chi connectivity index (χ2n) is 6.47. The summed E-state index contributed by atoms with van der Waals surface area (Å²) < 4.78 is 13.9. The maximum atomic E-state index is 13.9. The third-order valence-corrected chi connectivity index (χ3v) is 4.97. The van der Waals surface area contributed by atoms with Gasteiger partial charge in [-0.05, 0) is 30.7 Å². The molecule has 128 valence electrons. The molecule has 0 aliphatic rings. The summed E-state index contributed by atoms with van der Waals surface area (Å²) in [6.45, 7) is 6.02. The van der Waals surface area contributed by atoms with E-state index < -0.39 is 5.41 Å². The summed E-state index contributed by atoms with van der Waals surface area (Å²) in [5.74, 6) is -0.488. The zero-order valence-electron chi connectivity index (χ0n) is 14.2. The molecular formula is C19H22FNO2S. The van der Waals surface area contributed by atoms with Crippen molar-refractivity contribution in [2.24, 2.45) is 0 Å². The lowest BCUT2D eigenvalue weighted by atomic mass is 9.84. The average Bonchev–Trinajstić information content (AvgIpc) is 2.97. The fourth-order valence-electron chi connectivity index (χ4n) is 2.45. The van der Waals surface area contributed by atoms with Gasteiger partial charge in [0.15, 0.2) is 5.78 Å². The van der Waals surface area contributed by atoms with Crippen molar-refractivity contribution in [2.75, 3.05) is 6.54 Å². The van der Waals surface area contributed by atoms with Gasteiger partial charge in [0, 0.05) is 29.7 Å². The summed E-state index contributed by atoms with van der Waals surface area (Å²) in [7, 11) is 0. The number of nitrogens with one attached hydrogen (secondary N) is 1. The lowest BCUT2D eigenvalue weighted by Crippen LogP contribution is -2.37. The number of hydrogen-bond acceptors (Lipinski definition) is 3. The Labute approximate surface area is 145 Å². The van der Waals surface area contributed by atoms with Crippen molar-refractivity contribution in [3.8, 4) is 0 Å². The molecule has 0 fully saturated rings. The number of rotatable bonds is 7. The van der Waals surface area contributed by atoms with Gasteiger partial charge in [-0.2, -0.15) is 0 Å². The van der Waals surface area contributed by atoms with Crippen LogP contribution in [0.4, 0.5) is 4.39 Å². The largest absolute Gasteiger partial charge is 0.355 e. The Bertz CT molecular complexity index is 736. The molecule has 0 saturated heterocycles. The van der Waals surface area contributed by atoms with Crippen molar-refractivity contribution in [1.29, 1.82) is 0 Å². The maximum Gasteiger partial charge on any atom is 0.220 e. The lowest BCUT2D eigenvalue weighted by molar-refractivity contribution is -0.121. The summed E-state index contributed by atoms with van der Waals surface area (Å²) in [5.41, 5.74) is 0.0472. The Balaban J connectivity index is 1.84. The molecule has 0 atom stereocenters. The number of Topliss-reactive ketones (excluding diaryl/α,β-unsaturated/α-hetero) is 1. The minimum absolute atomic E-state index is 0.0170. The highest BCUT2D eigenvalue weighted by Gasteiger charge is 2.24. The SMILES string of the molecule is Cc1ccc(C(=O)CCC(=O)NCC(C)(C)c2ccccc2F)s1. The van der Waals surface area contributed by atoms with E-state index in [4.69, 9.17) is 0 Å². The predicted molar refractivity (Wildman–Crippen MR) is 95.1 cm³/mol. The number of hydrogen-bond donors (Lipinski definition) is 1. The molecule has 1 aromatic heterocycles. The summed E-state index contributed by atoms with van der Waals surface area (Å²) in [5, 5.41) is 2.81. The van der Waals surface area contributed by atoms with Crippen LogP contribution >= 0.6 is 11.3 Å². The van der Waals surface area contributed by atoms with E-state index >= 15 is 0 Å². The second kappa shape index (κ2) is 7.71. The Hall–Kier alpha value is -2.01. The topological polar surface area (TPSA) is 46.2 Å². The number of amides is 1. The van der Waals surface area contributed by atoms with Crippen molar-refractivity contribution in [3.63, 3.8) is 0 Å². The minimum atomic E-state index is -0.518. The standard InChI is InChI=1S/C19H22FNO2S/c1-13-8-10-17(24-13)16(22)9-11-18(23)21-12-19(2,3)14-6-4-5-7-15(14)20/h4-8,10H,9,11-12H2,1-3H3,(H,21,23). The van der Waals surface area contributed by atoms with Gasteiger partial charge < -0.3 is 5.32 Å². The van der Waals surface area contributed by atoms with Gasteiger partial charge in [0.25, 0.3) is 0 Å². The first-order valence-corrected chi connectivity index (χ1v) is 8.72. The van der Waals surface area contributed by atoms with E-state index in [0.717, 1.165) is 4.88 Å². The molecule has 2 aromatic rings. The third kappa shape index (κ3) is 4.74. The highest BCUT2D eigenvalue weighted by Crippen LogP contribution is 2.25. The Morgan fingerprint density at radius 2 is 1.83 bits per heavy atom. The van der Waals surface area contributed by atoms with Gasteiger partial charge in [0.2, 0.25) is 5.91 Å². The second-order valence-corrected chi connectivity index (χ2v) is 7.76. The average molecular weight is 347 g/mol. The maximum absolute atomic E-state index is 13.9. The fourth-order valence-corrected chi connectivity index (χ4v) is 3.28. The molecule has 0 spiro atoms. The molecule has 24 heavy (non-hydrogen) atoms. The normalized spacial score (nSPS) is 11.3. The number of ketones is 1. The Morgan fingerprint density at radius 1 is 1.12 bits per heavy atom. The predicted octanol–water partition coefficient (Wildman–Crippen LogP) is 4.25. The van der Waals surface area contributed by atoms with E-state index in [1.54, 1.807) is 24.3 Å². The van der Waals surface area contributed by atoms with Crippen LogP contribution in [0.2, 0.25) is 0 Å². The number of aryl methyl sites for hydroxylation is 1. The van der Waals surface area contributed by atoms with Crippen molar-refractivity contribution in [3.05, 3.63) is 57.5 Å². The molecule has 0 unspecified atom stereocenters. The molecule has 1 N–H and O–H groups in total. The van der Waals surface area contributed by atoms with Crippen LogP contribution in [0.3, 0.4) is 0 Å². The van der Waals surface area contributed by atoms with Crippen LogP contribution in [0.25, 0.3) is 0 Å². The van der Waals surface area contributed by atoms with E-state index in [2.05, 4.69) is 5.32 Å².